The highest BCUT2D eigenvalue weighted by Crippen LogP contribution is 2.49. The van der Waals surface area contributed by atoms with E-state index in [-0.39, 0.29) is 50.7 Å². The first-order valence-corrected chi connectivity index (χ1v) is 44.9. The smallest absolute Gasteiger partial charge is 0.261 e. The number of hydrogen-bond acceptors (Lipinski definition) is 14. The van der Waals surface area contributed by atoms with Gasteiger partial charge in [0, 0.05) is 40.9 Å². The van der Waals surface area contributed by atoms with Crippen LogP contribution in [0.1, 0.15) is 89.0 Å². The van der Waals surface area contributed by atoms with Crippen molar-refractivity contribution in [2.24, 2.45) is 0 Å². The first kappa shape index (κ1) is 87.7. The Balaban J connectivity index is 0.696. The Hall–Kier alpha value is -16.0. The molecule has 0 spiro atoms. The maximum atomic E-state index is 16.6. The van der Waals surface area contributed by atoms with Crippen molar-refractivity contribution in [1.29, 1.82) is 0 Å². The van der Waals surface area contributed by atoms with Crippen LogP contribution in [0.25, 0.3) is 11.4 Å². The molecule has 0 atom stereocenters. The minimum Gasteiger partial charge on any atom is -0.489 e. The van der Waals surface area contributed by atoms with E-state index >= 15 is 9.59 Å². The SMILES string of the molecule is O=C1C2=C(c3ccc(Br)cc3)N(Cc3cc(OCc4cc(OCc5ccccc5)cc(OCc5ccccc5)c4)cc(OCc4cc(OCc5ccccc5)cc(OCc5ccccc5)c4)c3)C(=O)C2=C(c2ccccc2)N1Cc1cc(OCc2cc(OCc3ccccc3)cc(OCc3ccccc3)c2)cc(OCc2cc(OCc3ccccc3)cc(OCc3ccccc3)c2)c1. The number of amides is 2. The number of nitrogens with zero attached hydrogens (tertiary/aromatic N) is 2. The number of hydrogen-bond donors (Lipinski definition) is 0. The summed E-state index contributed by atoms with van der Waals surface area (Å²) in [4.78, 5) is 36.6. The van der Waals surface area contributed by atoms with E-state index < -0.39 is 11.8 Å². The van der Waals surface area contributed by atoms with Crippen molar-refractivity contribution in [2.75, 3.05) is 0 Å². The number of benzene rings is 16. The lowest BCUT2D eigenvalue weighted by Gasteiger charge is -2.26. The number of rotatable bonds is 42. The van der Waals surface area contributed by atoms with E-state index in [1.807, 2.05) is 406 Å². The van der Waals surface area contributed by atoms with Gasteiger partial charge in [0.05, 0.1) is 35.6 Å². The standard InChI is InChI=1S/C116H95BrN2O14/c117-98-48-46-97(47-49-98)114-112-111(115(120)119(114)69-91-52-101(132-80-94-58-107(126-74-86-36-18-5-19-37-86)66-108(59-94)127-75-87-38-20-6-21-39-87)63-102(53-91)133-81-95-60-109(128-76-88-40-22-7-23-41-88)67-110(61-95)129-77-89-42-24-8-25-43-89)113(96-44-26-9-27-45-96)118(116(112)121)68-90-50-99(130-78-92-54-103(122-70-82-28-10-1-11-29-82)64-104(55-92)123-71-83-30-12-2-13-31-83)62-100(51-90)131-79-93-56-105(124-72-84-32-14-3-15-33-84)65-106(57-93)125-73-85-34-16-4-17-35-85/h1-67H,68-81H2. The Labute approximate surface area is 782 Å². The molecule has 18 rings (SSSR count). The van der Waals surface area contributed by atoms with E-state index in [0.717, 1.165) is 71.2 Å². The van der Waals surface area contributed by atoms with Gasteiger partial charge in [-0.15, -0.1) is 0 Å². The van der Waals surface area contributed by atoms with Gasteiger partial charge in [0.2, 0.25) is 0 Å². The van der Waals surface area contributed by atoms with Gasteiger partial charge in [-0.05, 0) is 174 Å². The first-order chi connectivity index (χ1) is 65.5. The van der Waals surface area contributed by atoms with Crippen LogP contribution in [0.2, 0.25) is 0 Å². The summed E-state index contributed by atoms with van der Waals surface area (Å²) in [5, 5.41) is 0. The highest BCUT2D eigenvalue weighted by atomic mass is 79.9. The summed E-state index contributed by atoms with van der Waals surface area (Å²) in [5.74, 6) is 5.71. The summed E-state index contributed by atoms with van der Waals surface area (Å²) < 4.78 is 80.5. The monoisotopic (exact) mass is 1820 g/mol. The Bertz CT molecular complexity index is 6120. The molecule has 2 aliphatic rings. The molecule has 0 aliphatic carbocycles. The van der Waals surface area contributed by atoms with E-state index in [1.54, 1.807) is 9.80 Å². The highest BCUT2D eigenvalue weighted by Gasteiger charge is 2.49. The molecule has 0 saturated heterocycles. The molecule has 16 aromatic rings. The molecule has 0 unspecified atom stereocenters. The third-order valence-electron chi connectivity index (χ3n) is 22.3. The van der Waals surface area contributed by atoms with Gasteiger partial charge < -0.3 is 66.6 Å². The van der Waals surface area contributed by atoms with Gasteiger partial charge in [-0.2, -0.15) is 0 Å². The van der Waals surface area contributed by atoms with Gasteiger partial charge in [0.15, 0.2) is 0 Å². The van der Waals surface area contributed by atoms with E-state index in [9.17, 15) is 0 Å². The van der Waals surface area contributed by atoms with Crippen molar-refractivity contribution in [3.8, 4) is 69.0 Å². The normalized spacial score (nSPS) is 12.2. The van der Waals surface area contributed by atoms with Crippen LogP contribution in [0.5, 0.6) is 69.0 Å². The molecule has 2 aliphatic heterocycles. The summed E-state index contributed by atoms with van der Waals surface area (Å²) in [7, 11) is 0. The van der Waals surface area contributed by atoms with Crippen LogP contribution in [-0.4, -0.2) is 21.6 Å². The summed E-state index contributed by atoms with van der Waals surface area (Å²) in [6.07, 6.45) is 0. The minimum atomic E-state index is -0.396. The molecule has 2 amide bonds. The molecule has 0 radical (unpaired) electrons. The van der Waals surface area contributed by atoms with Crippen molar-refractivity contribution < 1.29 is 66.4 Å². The zero-order valence-corrected chi connectivity index (χ0v) is 74.7. The van der Waals surface area contributed by atoms with Crippen LogP contribution >= 0.6 is 15.9 Å². The average molecular weight is 1820 g/mol. The van der Waals surface area contributed by atoms with E-state index in [4.69, 9.17) is 56.8 Å². The zero-order valence-electron chi connectivity index (χ0n) is 73.1. The summed E-state index contributed by atoms with van der Waals surface area (Å²) >= 11 is 3.70. The predicted octanol–water partition coefficient (Wildman–Crippen LogP) is 25.6. The largest absolute Gasteiger partial charge is 0.489 e. The number of halogens is 1. The fourth-order valence-electron chi connectivity index (χ4n) is 15.8. The van der Waals surface area contributed by atoms with Crippen LogP contribution in [0.4, 0.5) is 0 Å². The molecule has 0 saturated carbocycles. The maximum Gasteiger partial charge on any atom is 0.261 e. The number of carbonyl (C=O) groups is 2. The summed E-state index contributed by atoms with van der Waals surface area (Å²) in [6, 6.07) is 132. The molecular weight excluding hydrogens is 1730 g/mol. The van der Waals surface area contributed by atoms with Gasteiger partial charge in [-0.25, -0.2) is 0 Å². The molecule has 0 fully saturated rings. The van der Waals surface area contributed by atoms with Crippen LogP contribution in [-0.2, 0) is 102 Å². The van der Waals surface area contributed by atoms with Crippen LogP contribution < -0.4 is 56.8 Å². The Kier molecular flexibility index (Phi) is 28.6. The molecular formula is C116H95BrN2O14. The number of carbonyl (C=O) groups excluding carboxylic acids is 2. The second-order valence-corrected chi connectivity index (χ2v) is 33.2. The van der Waals surface area contributed by atoms with Crippen molar-refractivity contribution >= 4 is 39.1 Å². The number of fused-ring (bicyclic) bond motifs is 1. The average Bonchev–Trinajstić information content (AvgIpc) is 1.55. The predicted molar refractivity (Wildman–Crippen MR) is 518 cm³/mol. The molecule has 16 aromatic carbocycles. The summed E-state index contributed by atoms with van der Waals surface area (Å²) in [5.41, 5.74) is 15.0. The molecule has 17 heteroatoms. The van der Waals surface area contributed by atoms with Crippen molar-refractivity contribution in [2.45, 2.75) is 92.4 Å². The van der Waals surface area contributed by atoms with Crippen LogP contribution in [0.15, 0.2) is 422 Å². The summed E-state index contributed by atoms with van der Waals surface area (Å²) in [6.45, 7) is 2.83. The van der Waals surface area contributed by atoms with E-state index in [2.05, 4.69) is 15.9 Å². The van der Waals surface area contributed by atoms with Crippen molar-refractivity contribution in [3.05, 3.63) is 511 Å². The van der Waals surface area contributed by atoms with Crippen molar-refractivity contribution in [1.82, 2.24) is 9.80 Å². The maximum absolute atomic E-state index is 16.6. The molecule has 133 heavy (non-hydrogen) atoms. The second kappa shape index (κ2) is 43.4. The van der Waals surface area contributed by atoms with Crippen LogP contribution in [0.3, 0.4) is 0 Å². The lowest BCUT2D eigenvalue weighted by atomic mass is 10.0. The third kappa shape index (κ3) is 24.1. The van der Waals surface area contributed by atoms with Crippen LogP contribution in [0, 0.1) is 0 Å². The van der Waals surface area contributed by atoms with E-state index in [1.165, 1.54) is 0 Å². The zero-order chi connectivity index (χ0) is 90.1. The van der Waals surface area contributed by atoms with Crippen molar-refractivity contribution in [3.63, 3.8) is 0 Å². The fraction of sp³-hybridized carbons (Fsp3) is 0.121. The van der Waals surface area contributed by atoms with Gasteiger partial charge in [0.25, 0.3) is 11.8 Å². The number of ether oxygens (including phenoxy) is 12. The lowest BCUT2D eigenvalue weighted by molar-refractivity contribution is -0.124. The Morgan fingerprint density at radius 3 is 0.519 bits per heavy atom. The minimum absolute atomic E-state index is 0.0312. The quantitative estimate of drug-likeness (QED) is 0.0357. The van der Waals surface area contributed by atoms with Gasteiger partial charge >= 0.3 is 0 Å². The van der Waals surface area contributed by atoms with Gasteiger partial charge in [-0.1, -0.05) is 301 Å². The molecule has 0 aromatic heterocycles. The molecule has 0 N–H and O–H groups in total. The molecule has 0 bridgehead atoms. The molecule has 2 heterocycles. The van der Waals surface area contributed by atoms with Gasteiger partial charge in [-0.3, -0.25) is 9.59 Å². The second-order valence-electron chi connectivity index (χ2n) is 32.3. The Morgan fingerprint density at radius 2 is 0.331 bits per heavy atom. The molecule has 660 valence electrons. The molecule has 16 nitrogen and oxygen atoms in total. The Morgan fingerprint density at radius 1 is 0.173 bits per heavy atom. The third-order valence-corrected chi connectivity index (χ3v) is 22.8. The first-order valence-electron chi connectivity index (χ1n) is 44.1. The topological polar surface area (TPSA) is 151 Å². The van der Waals surface area contributed by atoms with Gasteiger partial charge in [0.1, 0.15) is 148 Å². The fourth-order valence-corrected chi connectivity index (χ4v) is 16.0. The lowest BCUT2D eigenvalue weighted by Crippen LogP contribution is -2.29. The highest BCUT2D eigenvalue weighted by molar-refractivity contribution is 9.10. The van der Waals surface area contributed by atoms with E-state index in [0.29, 0.717) is 155 Å².